The average molecular weight is 394 g/mol. The molecule has 1 fully saturated rings. The summed E-state index contributed by atoms with van der Waals surface area (Å²) in [6.07, 6.45) is -0.602. The number of rotatable bonds is 4. The Bertz CT molecular complexity index is 759. The highest BCUT2D eigenvalue weighted by atomic mass is 19.1. The van der Waals surface area contributed by atoms with Gasteiger partial charge in [-0.15, -0.1) is 0 Å². The van der Waals surface area contributed by atoms with Crippen molar-refractivity contribution >= 4 is 23.7 Å². The minimum Gasteiger partial charge on any atom is -0.451 e. The summed E-state index contributed by atoms with van der Waals surface area (Å²) in [6.45, 7) is 8.66. The fraction of sp³-hybridized carbons (Fsp3) is 0.550. The highest BCUT2D eigenvalue weighted by Crippen LogP contribution is 2.22. The van der Waals surface area contributed by atoms with E-state index in [0.717, 1.165) is 0 Å². The van der Waals surface area contributed by atoms with E-state index in [9.17, 15) is 18.8 Å². The number of hydrogen-bond donors (Lipinski definition) is 1. The van der Waals surface area contributed by atoms with Crippen LogP contribution in [0.1, 0.15) is 46.1 Å². The number of amides is 2. The van der Waals surface area contributed by atoms with Crippen molar-refractivity contribution in [2.24, 2.45) is 0 Å². The Kier molecular flexibility index (Phi) is 6.64. The lowest BCUT2D eigenvalue weighted by molar-refractivity contribution is -0.157. The van der Waals surface area contributed by atoms with Crippen LogP contribution >= 0.6 is 0 Å². The van der Waals surface area contributed by atoms with Gasteiger partial charge in [-0.05, 0) is 65.2 Å². The molecule has 28 heavy (non-hydrogen) atoms. The van der Waals surface area contributed by atoms with Crippen LogP contribution in [0.15, 0.2) is 18.2 Å². The van der Waals surface area contributed by atoms with Crippen LogP contribution < -0.4 is 5.32 Å². The fourth-order valence-corrected chi connectivity index (χ4v) is 2.77. The van der Waals surface area contributed by atoms with E-state index < -0.39 is 41.5 Å². The molecule has 0 bridgehead atoms. The summed E-state index contributed by atoms with van der Waals surface area (Å²) in [5.41, 5.74) is 0.0538. The van der Waals surface area contributed by atoms with E-state index in [-0.39, 0.29) is 5.69 Å². The first-order valence-electron chi connectivity index (χ1n) is 9.25. The van der Waals surface area contributed by atoms with E-state index in [1.54, 1.807) is 39.8 Å². The Morgan fingerprint density at radius 3 is 2.57 bits per heavy atom. The Morgan fingerprint density at radius 2 is 1.96 bits per heavy atom. The SMILES string of the molecule is Cc1ccc(NC(=O)[C@H](C)OC(=O)[C@@H]2CCCN2C(=O)OC(C)(C)C)cc1F. The van der Waals surface area contributed by atoms with Crippen molar-refractivity contribution in [2.45, 2.75) is 65.2 Å². The standard InChI is InChI=1S/C20H27FN2O5/c1-12-8-9-14(11-15(12)21)22-17(24)13(2)27-18(25)16-7-6-10-23(16)19(26)28-20(3,4)5/h8-9,11,13,16H,6-7,10H2,1-5H3,(H,22,24)/t13-,16-/m0/s1. The van der Waals surface area contributed by atoms with Gasteiger partial charge in [0.05, 0.1) is 0 Å². The molecule has 1 aromatic carbocycles. The van der Waals surface area contributed by atoms with E-state index in [1.165, 1.54) is 17.9 Å². The summed E-state index contributed by atoms with van der Waals surface area (Å²) in [5, 5.41) is 2.51. The van der Waals surface area contributed by atoms with Crippen LogP contribution in [0.3, 0.4) is 0 Å². The molecule has 0 saturated carbocycles. The van der Waals surface area contributed by atoms with E-state index >= 15 is 0 Å². The summed E-state index contributed by atoms with van der Waals surface area (Å²) >= 11 is 0. The lowest BCUT2D eigenvalue weighted by Crippen LogP contribution is -2.45. The average Bonchev–Trinajstić information content (AvgIpc) is 3.06. The van der Waals surface area contributed by atoms with Gasteiger partial charge < -0.3 is 14.8 Å². The molecule has 1 aromatic rings. The maximum atomic E-state index is 13.6. The molecule has 0 aliphatic carbocycles. The maximum Gasteiger partial charge on any atom is 0.411 e. The second-order valence-corrected chi connectivity index (χ2v) is 7.86. The normalized spacial score (nSPS) is 17.8. The van der Waals surface area contributed by atoms with Crippen molar-refractivity contribution < 1.29 is 28.2 Å². The fourth-order valence-electron chi connectivity index (χ4n) is 2.77. The van der Waals surface area contributed by atoms with Gasteiger partial charge in [0, 0.05) is 12.2 Å². The number of aryl methyl sites for hydroxylation is 1. The first-order chi connectivity index (χ1) is 13.0. The lowest BCUT2D eigenvalue weighted by atomic mass is 10.2. The third-order valence-electron chi connectivity index (χ3n) is 4.25. The van der Waals surface area contributed by atoms with Crippen molar-refractivity contribution in [3.05, 3.63) is 29.6 Å². The molecular formula is C20H27FN2O5. The van der Waals surface area contributed by atoms with Gasteiger partial charge in [0.15, 0.2) is 6.10 Å². The number of likely N-dealkylation sites (tertiary alicyclic amines) is 1. The zero-order valence-corrected chi connectivity index (χ0v) is 16.9. The van der Waals surface area contributed by atoms with Gasteiger partial charge in [0.1, 0.15) is 17.5 Å². The van der Waals surface area contributed by atoms with Gasteiger partial charge in [-0.2, -0.15) is 0 Å². The second kappa shape index (κ2) is 8.58. The zero-order valence-electron chi connectivity index (χ0n) is 16.9. The van der Waals surface area contributed by atoms with Crippen LogP contribution in [0.25, 0.3) is 0 Å². The highest BCUT2D eigenvalue weighted by molar-refractivity contribution is 5.95. The predicted molar refractivity (Wildman–Crippen MR) is 101 cm³/mol. The minimum absolute atomic E-state index is 0.271. The third-order valence-corrected chi connectivity index (χ3v) is 4.25. The maximum absolute atomic E-state index is 13.6. The number of benzene rings is 1. The Balaban J connectivity index is 1.95. The van der Waals surface area contributed by atoms with Crippen molar-refractivity contribution in [1.29, 1.82) is 0 Å². The molecule has 0 aromatic heterocycles. The van der Waals surface area contributed by atoms with Gasteiger partial charge in [0.2, 0.25) is 0 Å². The molecule has 154 valence electrons. The van der Waals surface area contributed by atoms with Gasteiger partial charge in [-0.1, -0.05) is 6.07 Å². The molecule has 0 unspecified atom stereocenters. The number of anilines is 1. The quantitative estimate of drug-likeness (QED) is 0.791. The Hall–Kier alpha value is -2.64. The number of carbonyl (C=O) groups excluding carboxylic acids is 3. The predicted octanol–water partition coefficient (Wildman–Crippen LogP) is 3.40. The van der Waals surface area contributed by atoms with E-state index in [1.807, 2.05) is 0 Å². The molecule has 2 rings (SSSR count). The summed E-state index contributed by atoms with van der Waals surface area (Å²) in [6, 6.07) is 3.51. The van der Waals surface area contributed by atoms with E-state index in [0.29, 0.717) is 24.9 Å². The van der Waals surface area contributed by atoms with Gasteiger partial charge >= 0.3 is 12.1 Å². The summed E-state index contributed by atoms with van der Waals surface area (Å²) in [4.78, 5) is 38.3. The Morgan fingerprint density at radius 1 is 1.29 bits per heavy atom. The lowest BCUT2D eigenvalue weighted by Gasteiger charge is -2.28. The van der Waals surface area contributed by atoms with Crippen molar-refractivity contribution in [1.82, 2.24) is 4.90 Å². The summed E-state index contributed by atoms with van der Waals surface area (Å²) < 4.78 is 24.2. The van der Waals surface area contributed by atoms with Crippen LogP contribution in [-0.4, -0.2) is 47.2 Å². The molecule has 1 N–H and O–H groups in total. The molecule has 2 amide bonds. The van der Waals surface area contributed by atoms with Gasteiger partial charge in [-0.25, -0.2) is 14.0 Å². The van der Waals surface area contributed by atoms with E-state index in [4.69, 9.17) is 9.47 Å². The van der Waals surface area contributed by atoms with Crippen LogP contribution in [0.2, 0.25) is 0 Å². The zero-order chi connectivity index (χ0) is 21.1. The second-order valence-electron chi connectivity index (χ2n) is 7.86. The van der Waals surface area contributed by atoms with Crippen LogP contribution in [0.4, 0.5) is 14.9 Å². The molecule has 1 aliphatic heterocycles. The van der Waals surface area contributed by atoms with Gasteiger partial charge in [-0.3, -0.25) is 9.69 Å². The number of halogens is 1. The topological polar surface area (TPSA) is 84.9 Å². The first-order valence-corrected chi connectivity index (χ1v) is 9.25. The number of carbonyl (C=O) groups is 3. The van der Waals surface area contributed by atoms with E-state index in [2.05, 4.69) is 5.32 Å². The number of nitrogens with zero attached hydrogens (tertiary/aromatic N) is 1. The number of ether oxygens (including phenoxy) is 2. The van der Waals surface area contributed by atoms with Crippen molar-refractivity contribution in [2.75, 3.05) is 11.9 Å². The first kappa shape index (κ1) is 21.7. The van der Waals surface area contributed by atoms with Crippen LogP contribution in [0, 0.1) is 12.7 Å². The molecule has 7 nitrogen and oxygen atoms in total. The molecule has 1 saturated heterocycles. The monoisotopic (exact) mass is 394 g/mol. The number of hydrogen-bond acceptors (Lipinski definition) is 5. The van der Waals surface area contributed by atoms with Crippen LogP contribution in [0.5, 0.6) is 0 Å². The third kappa shape index (κ3) is 5.68. The summed E-state index contributed by atoms with van der Waals surface area (Å²) in [7, 11) is 0. The molecule has 2 atom stereocenters. The molecule has 1 heterocycles. The number of nitrogens with one attached hydrogen (secondary N) is 1. The van der Waals surface area contributed by atoms with Crippen LogP contribution in [-0.2, 0) is 19.1 Å². The Labute approximate surface area is 164 Å². The molecule has 8 heteroatoms. The van der Waals surface area contributed by atoms with Crippen molar-refractivity contribution in [3.63, 3.8) is 0 Å². The highest BCUT2D eigenvalue weighted by Gasteiger charge is 2.38. The molecule has 0 radical (unpaired) electrons. The smallest absolute Gasteiger partial charge is 0.411 e. The van der Waals surface area contributed by atoms with Crippen molar-refractivity contribution in [3.8, 4) is 0 Å². The largest absolute Gasteiger partial charge is 0.451 e. The van der Waals surface area contributed by atoms with Gasteiger partial charge in [0.25, 0.3) is 5.91 Å². The molecular weight excluding hydrogens is 367 g/mol. The molecule has 0 spiro atoms. The number of esters is 1. The summed E-state index contributed by atoms with van der Waals surface area (Å²) in [5.74, 6) is -1.69. The minimum atomic E-state index is -1.10. The molecule has 1 aliphatic rings.